The van der Waals surface area contributed by atoms with E-state index in [1.807, 2.05) is 0 Å². The molecule has 0 fully saturated rings. The molecule has 0 unspecified atom stereocenters. The molecule has 0 radical (unpaired) electrons. The van der Waals surface area contributed by atoms with Crippen molar-refractivity contribution in [1.82, 2.24) is 10.3 Å². The number of aliphatic hydroxyl groups is 1. The fourth-order valence-corrected chi connectivity index (χ4v) is 1.38. The lowest BCUT2D eigenvalue weighted by atomic mass is 10.1. The molecule has 1 atom stereocenters. The van der Waals surface area contributed by atoms with E-state index in [2.05, 4.69) is 15.6 Å². The molecule has 0 spiro atoms. The van der Waals surface area contributed by atoms with Crippen LogP contribution < -0.4 is 10.6 Å². The van der Waals surface area contributed by atoms with Gasteiger partial charge in [0.15, 0.2) is 0 Å². The zero-order valence-corrected chi connectivity index (χ0v) is 9.83. The minimum Gasteiger partial charge on any atom is -0.394 e. The highest BCUT2D eigenvalue weighted by atomic mass is 19.1. The Kier molecular flexibility index (Phi) is 4.84. The third kappa shape index (κ3) is 3.39. The van der Waals surface area contributed by atoms with Crippen molar-refractivity contribution in [2.45, 2.75) is 19.4 Å². The summed E-state index contributed by atoms with van der Waals surface area (Å²) in [5.74, 6) is -0.323. The summed E-state index contributed by atoms with van der Waals surface area (Å²) in [6.07, 6.45) is 1.34. The normalized spacial score (nSPS) is 12.0. The molecule has 6 heteroatoms. The summed E-state index contributed by atoms with van der Waals surface area (Å²) >= 11 is 0. The van der Waals surface area contributed by atoms with Crippen LogP contribution in [0.25, 0.3) is 0 Å². The minimum atomic E-state index is -0.752. The quantitative estimate of drug-likeness (QED) is 0.713. The highest BCUT2D eigenvalue weighted by molar-refractivity contribution is 5.76. The maximum atomic E-state index is 13.5. The topological polar surface area (TPSA) is 74.2 Å². The first-order valence-electron chi connectivity index (χ1n) is 5.35. The van der Waals surface area contributed by atoms with Crippen LogP contribution in [0.2, 0.25) is 0 Å². The van der Waals surface area contributed by atoms with E-state index in [0.717, 1.165) is 6.20 Å². The Morgan fingerprint density at radius 2 is 2.35 bits per heavy atom. The number of carbonyl (C=O) groups excluding carboxylic acids is 1. The number of halogens is 1. The van der Waals surface area contributed by atoms with Gasteiger partial charge in [0.1, 0.15) is 11.6 Å². The number of aromatic nitrogens is 1. The van der Waals surface area contributed by atoms with Crippen molar-refractivity contribution in [2.75, 3.05) is 19.0 Å². The van der Waals surface area contributed by atoms with Crippen LogP contribution in [0, 0.1) is 5.82 Å². The minimum absolute atomic E-state index is 0.216. The lowest BCUT2D eigenvalue weighted by Gasteiger charge is -2.17. The summed E-state index contributed by atoms with van der Waals surface area (Å²) in [7, 11) is 1.66. The Hall–Kier alpha value is -1.69. The summed E-state index contributed by atoms with van der Waals surface area (Å²) in [6, 6.07) is 0.712. The van der Waals surface area contributed by atoms with Crippen LogP contribution in [0.3, 0.4) is 0 Å². The fourth-order valence-electron chi connectivity index (χ4n) is 1.38. The standard InChI is InChI=1S/C11H16FN3O2/c1-3-11(17)15-9(6-16)7-4-10(13-2)14-5-8(7)12/h4-5,9,16H,3,6H2,1-2H3,(H,13,14)(H,15,17)/t9-/m1/s1. The molecule has 17 heavy (non-hydrogen) atoms. The van der Waals surface area contributed by atoms with Crippen LogP contribution >= 0.6 is 0 Å². The molecular weight excluding hydrogens is 225 g/mol. The van der Waals surface area contributed by atoms with Gasteiger partial charge in [-0.15, -0.1) is 0 Å². The van der Waals surface area contributed by atoms with Gasteiger partial charge in [-0.3, -0.25) is 4.79 Å². The van der Waals surface area contributed by atoms with E-state index >= 15 is 0 Å². The van der Waals surface area contributed by atoms with E-state index in [-0.39, 0.29) is 24.5 Å². The molecule has 0 aliphatic carbocycles. The van der Waals surface area contributed by atoms with E-state index in [1.165, 1.54) is 6.07 Å². The largest absolute Gasteiger partial charge is 0.394 e. The number of nitrogens with one attached hydrogen (secondary N) is 2. The maximum absolute atomic E-state index is 13.5. The number of anilines is 1. The number of amides is 1. The summed E-state index contributed by atoms with van der Waals surface area (Å²) in [4.78, 5) is 15.0. The third-order valence-corrected chi connectivity index (χ3v) is 2.36. The number of hydrogen-bond acceptors (Lipinski definition) is 4. The van der Waals surface area contributed by atoms with Gasteiger partial charge in [-0.2, -0.15) is 0 Å². The van der Waals surface area contributed by atoms with Crippen molar-refractivity contribution in [3.05, 3.63) is 23.6 Å². The Labute approximate surface area is 99.1 Å². The molecule has 0 bridgehead atoms. The number of hydrogen-bond donors (Lipinski definition) is 3. The smallest absolute Gasteiger partial charge is 0.220 e. The van der Waals surface area contributed by atoms with Crippen LogP contribution in [-0.4, -0.2) is 29.7 Å². The highest BCUT2D eigenvalue weighted by Crippen LogP contribution is 2.19. The zero-order valence-electron chi connectivity index (χ0n) is 9.83. The summed E-state index contributed by atoms with van der Waals surface area (Å²) < 4.78 is 13.5. The predicted molar refractivity (Wildman–Crippen MR) is 62.0 cm³/mol. The van der Waals surface area contributed by atoms with E-state index < -0.39 is 11.9 Å². The van der Waals surface area contributed by atoms with Crippen LogP contribution in [0.5, 0.6) is 0 Å². The molecule has 94 valence electrons. The summed E-state index contributed by atoms with van der Waals surface area (Å²) in [5.41, 5.74) is 0.216. The van der Waals surface area contributed by atoms with Crippen molar-refractivity contribution in [1.29, 1.82) is 0 Å². The SMILES string of the molecule is CCC(=O)N[C@H](CO)c1cc(NC)ncc1F. The van der Waals surface area contributed by atoms with Crippen LogP contribution in [-0.2, 0) is 4.79 Å². The van der Waals surface area contributed by atoms with E-state index in [4.69, 9.17) is 0 Å². The second-order valence-electron chi connectivity index (χ2n) is 3.50. The van der Waals surface area contributed by atoms with Crippen molar-refractivity contribution in [3.63, 3.8) is 0 Å². The Morgan fingerprint density at radius 1 is 1.65 bits per heavy atom. The lowest BCUT2D eigenvalue weighted by molar-refractivity contribution is -0.121. The third-order valence-electron chi connectivity index (χ3n) is 2.36. The van der Waals surface area contributed by atoms with Crippen LogP contribution in [0.1, 0.15) is 24.9 Å². The summed E-state index contributed by atoms with van der Waals surface area (Å²) in [6.45, 7) is 1.32. The van der Waals surface area contributed by atoms with E-state index in [1.54, 1.807) is 14.0 Å². The van der Waals surface area contributed by atoms with Crippen molar-refractivity contribution in [3.8, 4) is 0 Å². The van der Waals surface area contributed by atoms with Crippen molar-refractivity contribution >= 4 is 11.7 Å². The monoisotopic (exact) mass is 241 g/mol. The molecule has 0 aromatic carbocycles. The van der Waals surface area contributed by atoms with Gasteiger partial charge >= 0.3 is 0 Å². The van der Waals surface area contributed by atoms with Crippen LogP contribution in [0.4, 0.5) is 10.2 Å². The van der Waals surface area contributed by atoms with Gasteiger partial charge in [-0.1, -0.05) is 6.92 Å². The lowest BCUT2D eigenvalue weighted by Crippen LogP contribution is -2.30. The van der Waals surface area contributed by atoms with Crippen LogP contribution in [0.15, 0.2) is 12.3 Å². The first-order valence-corrected chi connectivity index (χ1v) is 5.35. The zero-order chi connectivity index (χ0) is 12.8. The Balaban J connectivity index is 2.97. The van der Waals surface area contributed by atoms with Crippen molar-refractivity contribution in [2.24, 2.45) is 0 Å². The molecule has 5 nitrogen and oxygen atoms in total. The molecule has 0 saturated carbocycles. The molecule has 0 aliphatic heterocycles. The van der Waals surface area contributed by atoms with Gasteiger partial charge in [0.2, 0.25) is 5.91 Å². The number of carbonyl (C=O) groups is 1. The second-order valence-corrected chi connectivity index (χ2v) is 3.50. The number of nitrogens with zero attached hydrogens (tertiary/aromatic N) is 1. The van der Waals surface area contributed by atoms with E-state index in [0.29, 0.717) is 5.82 Å². The fraction of sp³-hybridized carbons (Fsp3) is 0.455. The molecular formula is C11H16FN3O2. The first-order chi connectivity index (χ1) is 8.12. The Bertz CT molecular complexity index is 398. The maximum Gasteiger partial charge on any atom is 0.220 e. The van der Waals surface area contributed by atoms with Gasteiger partial charge in [0.25, 0.3) is 0 Å². The number of rotatable bonds is 5. The van der Waals surface area contributed by atoms with Gasteiger partial charge in [-0.05, 0) is 6.07 Å². The van der Waals surface area contributed by atoms with Gasteiger partial charge in [0, 0.05) is 19.0 Å². The number of aliphatic hydroxyl groups excluding tert-OH is 1. The molecule has 0 aliphatic rings. The average Bonchev–Trinajstić information content (AvgIpc) is 2.36. The predicted octanol–water partition coefficient (Wildman–Crippen LogP) is 0.822. The van der Waals surface area contributed by atoms with Gasteiger partial charge in [0.05, 0.1) is 18.8 Å². The molecule has 1 heterocycles. The molecule has 3 N–H and O–H groups in total. The molecule has 1 amide bonds. The summed E-state index contributed by atoms with van der Waals surface area (Å²) in [5, 5.41) is 14.5. The molecule has 1 aromatic heterocycles. The highest BCUT2D eigenvalue weighted by Gasteiger charge is 2.17. The van der Waals surface area contributed by atoms with Gasteiger partial charge in [-0.25, -0.2) is 9.37 Å². The second kappa shape index (κ2) is 6.15. The molecule has 1 aromatic rings. The van der Waals surface area contributed by atoms with E-state index in [9.17, 15) is 14.3 Å². The molecule has 1 rings (SSSR count). The Morgan fingerprint density at radius 3 is 2.88 bits per heavy atom. The first kappa shape index (κ1) is 13.4. The van der Waals surface area contributed by atoms with Gasteiger partial charge < -0.3 is 15.7 Å². The molecule has 0 saturated heterocycles. The number of pyridine rings is 1. The average molecular weight is 241 g/mol. The van der Waals surface area contributed by atoms with Crippen molar-refractivity contribution < 1.29 is 14.3 Å².